The molecule has 0 heterocycles. The lowest BCUT2D eigenvalue weighted by atomic mass is 10.1. The second-order valence-electron chi connectivity index (χ2n) is 6.53. The molecule has 1 N–H and O–H groups in total. The van der Waals surface area contributed by atoms with Gasteiger partial charge in [0.15, 0.2) is 0 Å². The number of amides is 1. The van der Waals surface area contributed by atoms with Crippen LogP contribution in [0.5, 0.6) is 5.75 Å². The number of ether oxygens (including phenoxy) is 1. The van der Waals surface area contributed by atoms with Crippen molar-refractivity contribution in [2.45, 2.75) is 6.61 Å². The summed E-state index contributed by atoms with van der Waals surface area (Å²) in [5.41, 5.74) is 1.12. The van der Waals surface area contributed by atoms with Crippen molar-refractivity contribution in [1.29, 1.82) is 5.26 Å². The van der Waals surface area contributed by atoms with Crippen LogP contribution >= 0.6 is 23.2 Å². The monoisotopic (exact) mass is 467 g/mol. The smallest absolute Gasteiger partial charge is 0.271 e. The zero-order valence-corrected chi connectivity index (χ0v) is 17.9. The van der Waals surface area contributed by atoms with Gasteiger partial charge in [-0.15, -0.1) is 0 Å². The van der Waals surface area contributed by atoms with Crippen molar-refractivity contribution in [3.05, 3.63) is 104 Å². The van der Waals surface area contributed by atoms with Crippen molar-refractivity contribution < 1.29 is 14.5 Å². The Bertz CT molecular complexity index is 1230. The summed E-state index contributed by atoms with van der Waals surface area (Å²) in [6.07, 6.45) is 1.39. The Morgan fingerprint density at radius 1 is 1.12 bits per heavy atom. The third-order valence-corrected chi connectivity index (χ3v) is 4.82. The summed E-state index contributed by atoms with van der Waals surface area (Å²) in [4.78, 5) is 22.8. The number of non-ortho nitro benzene ring substituents is 1. The van der Waals surface area contributed by atoms with E-state index < -0.39 is 10.8 Å². The molecule has 1 amide bonds. The highest BCUT2D eigenvalue weighted by atomic mass is 35.5. The second-order valence-corrected chi connectivity index (χ2v) is 7.38. The Kier molecular flexibility index (Phi) is 7.45. The standard InChI is InChI=1S/C23H15Cl2N3O4/c24-18-3-1-2-16(11-18)14-32-20-7-4-15(5-8-20)10-17(13-26)23(29)27-22-12-19(28(30)31)6-9-21(22)25/h1-12H,14H2,(H,27,29)/b17-10+. The molecule has 3 aromatic rings. The number of hydrogen-bond donors (Lipinski definition) is 1. The quantitative estimate of drug-likeness (QED) is 0.197. The number of anilines is 1. The molecule has 160 valence electrons. The number of nitro groups is 1. The van der Waals surface area contributed by atoms with Crippen LogP contribution in [0, 0.1) is 21.4 Å². The highest BCUT2D eigenvalue weighted by Gasteiger charge is 2.15. The molecule has 0 fully saturated rings. The number of halogens is 2. The van der Waals surface area contributed by atoms with E-state index in [0.717, 1.165) is 11.6 Å². The molecule has 0 saturated heterocycles. The van der Waals surface area contributed by atoms with Gasteiger partial charge in [0, 0.05) is 17.2 Å². The highest BCUT2D eigenvalue weighted by molar-refractivity contribution is 6.34. The Hall–Kier alpha value is -3.86. The topological polar surface area (TPSA) is 105 Å². The Balaban J connectivity index is 1.69. The Labute approximate surface area is 193 Å². The first-order valence-electron chi connectivity index (χ1n) is 9.20. The van der Waals surface area contributed by atoms with Gasteiger partial charge < -0.3 is 10.1 Å². The molecule has 3 rings (SSSR count). The summed E-state index contributed by atoms with van der Waals surface area (Å²) < 4.78 is 5.71. The molecule has 3 aromatic carbocycles. The number of rotatable bonds is 7. The lowest BCUT2D eigenvalue weighted by Gasteiger charge is -2.08. The van der Waals surface area contributed by atoms with Gasteiger partial charge in [-0.3, -0.25) is 14.9 Å². The number of hydrogen-bond acceptors (Lipinski definition) is 5. The molecule has 0 aromatic heterocycles. The van der Waals surface area contributed by atoms with Gasteiger partial charge in [0.25, 0.3) is 11.6 Å². The van der Waals surface area contributed by atoms with Crippen molar-refractivity contribution in [3.8, 4) is 11.8 Å². The zero-order valence-electron chi connectivity index (χ0n) is 16.4. The first-order valence-corrected chi connectivity index (χ1v) is 9.95. The summed E-state index contributed by atoms with van der Waals surface area (Å²) in [6.45, 7) is 0.339. The molecule has 0 spiro atoms. The maximum absolute atomic E-state index is 12.5. The van der Waals surface area contributed by atoms with E-state index in [1.807, 2.05) is 24.3 Å². The van der Waals surface area contributed by atoms with Crippen molar-refractivity contribution in [2.75, 3.05) is 5.32 Å². The summed E-state index contributed by atoms with van der Waals surface area (Å²) in [5, 5.41) is 23.5. The summed E-state index contributed by atoms with van der Waals surface area (Å²) in [5.74, 6) is -0.135. The molecule has 0 radical (unpaired) electrons. The number of carbonyl (C=O) groups is 1. The van der Waals surface area contributed by atoms with E-state index in [2.05, 4.69) is 5.32 Å². The maximum Gasteiger partial charge on any atom is 0.271 e. The number of nitrogens with one attached hydrogen (secondary N) is 1. The SMILES string of the molecule is N#C/C(=C\c1ccc(OCc2cccc(Cl)c2)cc1)C(=O)Nc1cc([N+](=O)[O-])ccc1Cl. The van der Waals surface area contributed by atoms with Crippen molar-refractivity contribution in [1.82, 2.24) is 0 Å². The fourth-order valence-corrected chi connectivity index (χ4v) is 3.06. The third-order valence-electron chi connectivity index (χ3n) is 4.26. The van der Waals surface area contributed by atoms with Crippen LogP contribution in [-0.2, 0) is 11.4 Å². The molecule has 0 unspecified atom stereocenters. The van der Waals surface area contributed by atoms with Crippen LogP contribution in [-0.4, -0.2) is 10.8 Å². The molecule has 32 heavy (non-hydrogen) atoms. The fraction of sp³-hybridized carbons (Fsp3) is 0.0435. The second kappa shape index (κ2) is 10.4. The predicted octanol–water partition coefficient (Wildman–Crippen LogP) is 6.03. The van der Waals surface area contributed by atoms with Gasteiger partial charge in [0.05, 0.1) is 15.6 Å². The number of nitro benzene ring substituents is 1. The zero-order chi connectivity index (χ0) is 23.1. The molecule has 7 nitrogen and oxygen atoms in total. The van der Waals surface area contributed by atoms with E-state index in [1.165, 1.54) is 18.2 Å². The Morgan fingerprint density at radius 2 is 1.88 bits per heavy atom. The molecule has 0 atom stereocenters. The predicted molar refractivity (Wildman–Crippen MR) is 123 cm³/mol. The van der Waals surface area contributed by atoms with E-state index in [9.17, 15) is 20.2 Å². The molecular weight excluding hydrogens is 453 g/mol. The minimum absolute atomic E-state index is 0.0387. The van der Waals surface area contributed by atoms with Crippen LogP contribution in [0.15, 0.2) is 72.3 Å². The van der Waals surface area contributed by atoms with Gasteiger partial charge in [-0.2, -0.15) is 5.26 Å². The average Bonchev–Trinajstić information content (AvgIpc) is 2.78. The number of nitriles is 1. The molecular formula is C23H15Cl2N3O4. The Morgan fingerprint density at radius 3 is 2.53 bits per heavy atom. The average molecular weight is 468 g/mol. The van der Waals surface area contributed by atoms with Crippen LogP contribution in [0.2, 0.25) is 10.0 Å². The van der Waals surface area contributed by atoms with E-state index in [4.69, 9.17) is 27.9 Å². The van der Waals surface area contributed by atoms with Crippen LogP contribution in [0.25, 0.3) is 6.08 Å². The lowest BCUT2D eigenvalue weighted by molar-refractivity contribution is -0.384. The maximum atomic E-state index is 12.5. The first-order chi connectivity index (χ1) is 15.4. The largest absolute Gasteiger partial charge is 0.489 e. The minimum atomic E-state index is -0.740. The third kappa shape index (κ3) is 6.08. The van der Waals surface area contributed by atoms with Gasteiger partial charge in [-0.05, 0) is 47.5 Å². The van der Waals surface area contributed by atoms with Crippen molar-refractivity contribution in [2.24, 2.45) is 0 Å². The minimum Gasteiger partial charge on any atom is -0.489 e. The van der Waals surface area contributed by atoms with Crippen LogP contribution in [0.4, 0.5) is 11.4 Å². The molecule has 0 saturated carbocycles. The van der Waals surface area contributed by atoms with E-state index in [-0.39, 0.29) is 22.0 Å². The van der Waals surface area contributed by atoms with E-state index >= 15 is 0 Å². The number of carbonyl (C=O) groups excluding carboxylic acids is 1. The van der Waals surface area contributed by atoms with Gasteiger partial charge in [0.2, 0.25) is 0 Å². The summed E-state index contributed by atoms with van der Waals surface area (Å²) in [6, 6.07) is 19.6. The van der Waals surface area contributed by atoms with Crippen LogP contribution in [0.3, 0.4) is 0 Å². The highest BCUT2D eigenvalue weighted by Crippen LogP contribution is 2.27. The normalized spacial score (nSPS) is 10.8. The molecule has 0 aliphatic rings. The van der Waals surface area contributed by atoms with Gasteiger partial charge in [-0.1, -0.05) is 47.5 Å². The number of benzene rings is 3. The summed E-state index contributed by atoms with van der Waals surface area (Å²) >= 11 is 12.0. The van der Waals surface area contributed by atoms with Gasteiger partial charge in [-0.25, -0.2) is 0 Å². The molecule has 9 heteroatoms. The van der Waals surface area contributed by atoms with E-state index in [0.29, 0.717) is 22.9 Å². The molecule has 0 bridgehead atoms. The van der Waals surface area contributed by atoms with Gasteiger partial charge in [0.1, 0.15) is 24.0 Å². The van der Waals surface area contributed by atoms with Crippen molar-refractivity contribution in [3.63, 3.8) is 0 Å². The first kappa shape index (κ1) is 22.8. The fourth-order valence-electron chi connectivity index (χ4n) is 2.68. The molecule has 0 aliphatic carbocycles. The van der Waals surface area contributed by atoms with Crippen molar-refractivity contribution >= 4 is 46.6 Å². The van der Waals surface area contributed by atoms with E-state index in [1.54, 1.807) is 30.3 Å². The molecule has 0 aliphatic heterocycles. The summed E-state index contributed by atoms with van der Waals surface area (Å²) in [7, 11) is 0. The van der Waals surface area contributed by atoms with Crippen LogP contribution < -0.4 is 10.1 Å². The lowest BCUT2D eigenvalue weighted by Crippen LogP contribution is -2.14. The van der Waals surface area contributed by atoms with Gasteiger partial charge >= 0.3 is 0 Å². The number of nitrogens with zero attached hydrogens (tertiary/aromatic N) is 2. The van der Waals surface area contributed by atoms with Crippen LogP contribution in [0.1, 0.15) is 11.1 Å².